The molecule has 1 heterocycles. The Balaban J connectivity index is 1.44. The maximum atomic E-state index is 12.5. The van der Waals surface area contributed by atoms with E-state index >= 15 is 0 Å². The van der Waals surface area contributed by atoms with Gasteiger partial charge in [-0.2, -0.15) is 0 Å². The second-order valence-corrected chi connectivity index (χ2v) is 9.89. The molecule has 0 aliphatic carbocycles. The molecule has 150 valence electrons. The van der Waals surface area contributed by atoms with Crippen LogP contribution in [0, 0.1) is 0 Å². The first-order valence-electron chi connectivity index (χ1n) is 8.87. The Hall–Kier alpha value is -2.19. The normalized spacial score (nSPS) is 10.9. The monoisotopic (exact) mass is 516 g/mol. The Morgan fingerprint density at radius 1 is 1.07 bits per heavy atom. The van der Waals surface area contributed by atoms with Crippen molar-refractivity contribution in [3.05, 3.63) is 87.4 Å². The van der Waals surface area contributed by atoms with Gasteiger partial charge in [-0.05, 0) is 42.5 Å². The lowest BCUT2D eigenvalue weighted by atomic mass is 10.2. The number of nitrogens with one attached hydrogen (secondary N) is 1. The van der Waals surface area contributed by atoms with Crippen molar-refractivity contribution in [1.29, 1.82) is 0 Å². The Morgan fingerprint density at radius 2 is 1.83 bits per heavy atom. The number of amides is 1. The molecule has 0 saturated carbocycles. The zero-order valence-corrected chi connectivity index (χ0v) is 19.4. The highest BCUT2D eigenvalue weighted by atomic mass is 79.9. The van der Waals surface area contributed by atoms with Crippen LogP contribution >= 0.6 is 50.6 Å². The zero-order chi connectivity index (χ0) is 21.1. The summed E-state index contributed by atoms with van der Waals surface area (Å²) in [7, 11) is 0. The van der Waals surface area contributed by atoms with Crippen molar-refractivity contribution in [2.45, 2.75) is 4.34 Å². The Bertz CT molecular complexity index is 1240. The van der Waals surface area contributed by atoms with Gasteiger partial charge in [0.25, 0.3) is 5.91 Å². The van der Waals surface area contributed by atoms with Gasteiger partial charge in [-0.25, -0.2) is 4.98 Å². The summed E-state index contributed by atoms with van der Waals surface area (Å²) in [6, 6.07) is 19.8. The summed E-state index contributed by atoms with van der Waals surface area (Å²) in [6.45, 7) is 0. The first kappa shape index (κ1) is 21.1. The number of thiazole rings is 1. The molecule has 0 aliphatic heterocycles. The number of fused-ring (bicyclic) bond motifs is 1. The summed E-state index contributed by atoms with van der Waals surface area (Å²) in [4.78, 5) is 29.4. The van der Waals surface area contributed by atoms with Gasteiger partial charge in [0.1, 0.15) is 0 Å². The van der Waals surface area contributed by atoms with E-state index in [0.717, 1.165) is 19.0 Å². The molecular weight excluding hydrogens is 504 g/mol. The standard InChI is InChI=1S/C22H14BrClN2O2S2/c23-14-7-5-13(6-8-14)19(27)12-29-22-26-18-10-9-15(11-20(18)30-22)25-21(28)16-3-1-2-4-17(16)24/h1-11H,12H2,(H,25,28). The van der Waals surface area contributed by atoms with E-state index in [1.54, 1.807) is 42.5 Å². The molecule has 1 aromatic heterocycles. The van der Waals surface area contributed by atoms with Crippen LogP contribution in [0.2, 0.25) is 5.02 Å². The fourth-order valence-corrected chi connectivity index (χ4v) is 5.22. The lowest BCUT2D eigenvalue weighted by Crippen LogP contribution is -2.12. The van der Waals surface area contributed by atoms with E-state index in [1.165, 1.54) is 23.1 Å². The van der Waals surface area contributed by atoms with Crippen LogP contribution in [0.1, 0.15) is 20.7 Å². The van der Waals surface area contributed by atoms with E-state index in [9.17, 15) is 9.59 Å². The number of carbonyl (C=O) groups is 2. The molecule has 30 heavy (non-hydrogen) atoms. The quantitative estimate of drug-likeness (QED) is 0.222. The third-order valence-electron chi connectivity index (χ3n) is 4.24. The molecule has 0 aliphatic rings. The largest absolute Gasteiger partial charge is 0.322 e. The summed E-state index contributed by atoms with van der Waals surface area (Å²) >= 11 is 12.4. The van der Waals surface area contributed by atoms with Crippen LogP contribution in [-0.4, -0.2) is 22.4 Å². The van der Waals surface area contributed by atoms with Crippen LogP contribution < -0.4 is 5.32 Å². The van der Waals surface area contributed by atoms with Gasteiger partial charge in [0.05, 0.1) is 26.6 Å². The lowest BCUT2D eigenvalue weighted by Gasteiger charge is -2.06. The number of aromatic nitrogens is 1. The van der Waals surface area contributed by atoms with Crippen LogP contribution in [0.15, 0.2) is 75.5 Å². The van der Waals surface area contributed by atoms with Crippen molar-refractivity contribution in [3.63, 3.8) is 0 Å². The van der Waals surface area contributed by atoms with Gasteiger partial charge in [-0.1, -0.05) is 63.6 Å². The number of halogens is 2. The van der Waals surface area contributed by atoms with E-state index in [1.807, 2.05) is 24.3 Å². The first-order valence-corrected chi connectivity index (χ1v) is 11.8. The minimum atomic E-state index is -0.265. The molecule has 3 aromatic carbocycles. The minimum absolute atomic E-state index is 0.0550. The number of benzene rings is 3. The Labute approximate surface area is 194 Å². The summed E-state index contributed by atoms with van der Waals surface area (Å²) in [5.41, 5.74) is 2.59. The third-order valence-corrected chi connectivity index (χ3v) is 7.26. The molecule has 1 amide bonds. The Kier molecular flexibility index (Phi) is 6.53. The van der Waals surface area contributed by atoms with E-state index in [2.05, 4.69) is 26.2 Å². The highest BCUT2D eigenvalue weighted by molar-refractivity contribution is 9.10. The number of hydrogen-bond acceptors (Lipinski definition) is 5. The maximum absolute atomic E-state index is 12.5. The van der Waals surface area contributed by atoms with Gasteiger partial charge in [0, 0.05) is 15.7 Å². The molecule has 0 saturated heterocycles. The number of anilines is 1. The van der Waals surface area contributed by atoms with Gasteiger partial charge in [-0.3, -0.25) is 9.59 Å². The second kappa shape index (κ2) is 9.31. The fourth-order valence-electron chi connectivity index (χ4n) is 2.73. The predicted molar refractivity (Wildman–Crippen MR) is 128 cm³/mol. The van der Waals surface area contributed by atoms with E-state index in [-0.39, 0.29) is 11.7 Å². The van der Waals surface area contributed by atoms with Gasteiger partial charge in [0.2, 0.25) is 0 Å². The summed E-state index contributed by atoms with van der Waals surface area (Å²) in [6.07, 6.45) is 0. The number of hydrogen-bond donors (Lipinski definition) is 1. The van der Waals surface area contributed by atoms with Gasteiger partial charge in [0.15, 0.2) is 10.1 Å². The smallest absolute Gasteiger partial charge is 0.257 e. The van der Waals surface area contributed by atoms with E-state index < -0.39 is 0 Å². The number of Topliss-reactive ketones (excluding diaryl/α,β-unsaturated/α-hetero) is 1. The van der Waals surface area contributed by atoms with E-state index in [0.29, 0.717) is 27.6 Å². The summed E-state index contributed by atoms with van der Waals surface area (Å²) < 4.78 is 2.69. The lowest BCUT2D eigenvalue weighted by molar-refractivity contribution is 0.101. The highest BCUT2D eigenvalue weighted by Crippen LogP contribution is 2.32. The average molecular weight is 518 g/mol. The molecule has 4 nitrogen and oxygen atoms in total. The van der Waals surface area contributed by atoms with Crippen molar-refractivity contribution in [2.24, 2.45) is 0 Å². The van der Waals surface area contributed by atoms with Gasteiger partial charge >= 0.3 is 0 Å². The number of ketones is 1. The molecular formula is C22H14BrClN2O2S2. The van der Waals surface area contributed by atoms with Crippen LogP contribution in [0.25, 0.3) is 10.2 Å². The minimum Gasteiger partial charge on any atom is -0.322 e. The van der Waals surface area contributed by atoms with Crippen molar-refractivity contribution in [2.75, 3.05) is 11.1 Å². The highest BCUT2D eigenvalue weighted by Gasteiger charge is 2.13. The molecule has 0 bridgehead atoms. The maximum Gasteiger partial charge on any atom is 0.257 e. The molecule has 4 aromatic rings. The topological polar surface area (TPSA) is 59.1 Å². The summed E-state index contributed by atoms with van der Waals surface area (Å²) in [5.74, 6) is 0.107. The molecule has 0 unspecified atom stereocenters. The van der Waals surface area contributed by atoms with E-state index in [4.69, 9.17) is 11.6 Å². The van der Waals surface area contributed by atoms with Crippen molar-refractivity contribution in [1.82, 2.24) is 4.98 Å². The van der Waals surface area contributed by atoms with Crippen LogP contribution in [0.5, 0.6) is 0 Å². The SMILES string of the molecule is O=C(CSc1nc2ccc(NC(=O)c3ccccc3Cl)cc2s1)c1ccc(Br)cc1. The Morgan fingerprint density at radius 3 is 2.60 bits per heavy atom. The van der Waals surface area contributed by atoms with Gasteiger partial charge < -0.3 is 5.32 Å². The number of thioether (sulfide) groups is 1. The van der Waals surface area contributed by atoms with Crippen LogP contribution in [0.4, 0.5) is 5.69 Å². The molecule has 0 fully saturated rings. The molecule has 1 N–H and O–H groups in total. The molecule has 4 rings (SSSR count). The number of carbonyl (C=O) groups excluding carboxylic acids is 2. The van der Waals surface area contributed by atoms with Crippen molar-refractivity contribution < 1.29 is 9.59 Å². The summed E-state index contributed by atoms with van der Waals surface area (Å²) in [5, 5.41) is 3.27. The van der Waals surface area contributed by atoms with Crippen molar-refractivity contribution in [3.8, 4) is 0 Å². The van der Waals surface area contributed by atoms with Crippen molar-refractivity contribution >= 4 is 78.2 Å². The number of rotatable bonds is 6. The van der Waals surface area contributed by atoms with Crippen LogP contribution in [-0.2, 0) is 0 Å². The molecule has 0 radical (unpaired) electrons. The molecule has 0 spiro atoms. The first-order chi connectivity index (χ1) is 14.5. The third kappa shape index (κ3) is 4.92. The average Bonchev–Trinajstić information content (AvgIpc) is 3.15. The second-order valence-electron chi connectivity index (χ2n) is 6.31. The molecule has 8 heteroatoms. The molecule has 0 atom stereocenters. The predicted octanol–water partition coefficient (Wildman–Crippen LogP) is 6.94. The number of nitrogens with zero attached hydrogens (tertiary/aromatic N) is 1. The zero-order valence-electron chi connectivity index (χ0n) is 15.4. The fraction of sp³-hybridized carbons (Fsp3) is 0.0455. The van der Waals surface area contributed by atoms with Crippen LogP contribution in [0.3, 0.4) is 0 Å². The van der Waals surface area contributed by atoms with Gasteiger partial charge in [-0.15, -0.1) is 11.3 Å².